The summed E-state index contributed by atoms with van der Waals surface area (Å²) in [5, 5.41) is 1.39. The van der Waals surface area contributed by atoms with Gasteiger partial charge in [0.25, 0.3) is 0 Å². The van der Waals surface area contributed by atoms with Crippen LogP contribution in [0.4, 0.5) is 0 Å². The van der Waals surface area contributed by atoms with E-state index >= 15 is 0 Å². The van der Waals surface area contributed by atoms with Crippen molar-refractivity contribution in [1.29, 1.82) is 0 Å². The van der Waals surface area contributed by atoms with Crippen LogP contribution in [-0.4, -0.2) is 25.0 Å². The van der Waals surface area contributed by atoms with Crippen LogP contribution in [0.5, 0.6) is 0 Å². The monoisotopic (exact) mass is 233 g/mol. The number of nitrogens with zero attached hydrogens (tertiary/aromatic N) is 1. The molecule has 2 heteroatoms. The molecule has 1 aromatic carbocycles. The molecule has 86 valence electrons. The first-order valence-electron chi connectivity index (χ1n) is 5.95. The maximum Gasteiger partial charge on any atom is 0.0345 e. The fraction of sp³-hybridized carbons (Fsp3) is 0.429. The summed E-state index contributed by atoms with van der Waals surface area (Å²) < 4.78 is 1.41. The van der Waals surface area contributed by atoms with Gasteiger partial charge in [0.1, 0.15) is 0 Å². The molecule has 0 atom stereocenters. The average Bonchev–Trinajstić information content (AvgIpc) is 2.69. The van der Waals surface area contributed by atoms with Gasteiger partial charge in [-0.3, -0.25) is 0 Å². The van der Waals surface area contributed by atoms with Crippen LogP contribution in [0.1, 0.15) is 18.2 Å². The summed E-state index contributed by atoms with van der Waals surface area (Å²) in [4.78, 5) is 3.91. The quantitative estimate of drug-likeness (QED) is 0.759. The highest BCUT2D eigenvalue weighted by molar-refractivity contribution is 7.19. The van der Waals surface area contributed by atoms with Gasteiger partial charge in [0.05, 0.1) is 0 Å². The van der Waals surface area contributed by atoms with Crippen molar-refractivity contribution < 1.29 is 0 Å². The molecule has 0 aliphatic carbocycles. The zero-order chi connectivity index (χ0) is 11.4. The summed E-state index contributed by atoms with van der Waals surface area (Å²) in [7, 11) is 2.21. The molecule has 0 N–H and O–H groups in total. The third kappa shape index (κ3) is 2.83. The lowest BCUT2D eigenvalue weighted by molar-refractivity contribution is 0.340. The molecule has 1 heterocycles. The van der Waals surface area contributed by atoms with Crippen molar-refractivity contribution >= 4 is 21.4 Å². The summed E-state index contributed by atoms with van der Waals surface area (Å²) in [6.45, 7) is 4.60. The van der Waals surface area contributed by atoms with Crippen LogP contribution in [0.3, 0.4) is 0 Å². The van der Waals surface area contributed by atoms with Crippen LogP contribution in [0.25, 0.3) is 10.1 Å². The number of fused-ring (bicyclic) bond motifs is 1. The molecule has 0 amide bonds. The molecule has 0 spiro atoms. The van der Waals surface area contributed by atoms with Crippen LogP contribution in [0, 0.1) is 0 Å². The highest BCUT2D eigenvalue weighted by Crippen LogP contribution is 2.25. The zero-order valence-electron chi connectivity index (χ0n) is 10.1. The van der Waals surface area contributed by atoms with E-state index in [4.69, 9.17) is 0 Å². The van der Waals surface area contributed by atoms with Crippen molar-refractivity contribution in [3.8, 4) is 0 Å². The molecule has 0 fully saturated rings. The number of thiophene rings is 1. The smallest absolute Gasteiger partial charge is 0.0345 e. The predicted molar refractivity (Wildman–Crippen MR) is 73.3 cm³/mol. The van der Waals surface area contributed by atoms with E-state index in [0.717, 1.165) is 0 Å². The molecule has 2 rings (SSSR count). The fourth-order valence-electron chi connectivity index (χ4n) is 1.95. The van der Waals surface area contributed by atoms with Gasteiger partial charge < -0.3 is 4.90 Å². The summed E-state index contributed by atoms with van der Waals surface area (Å²) in [6.07, 6.45) is 2.42. The zero-order valence-corrected chi connectivity index (χ0v) is 10.9. The molecule has 0 bridgehead atoms. The van der Waals surface area contributed by atoms with Crippen molar-refractivity contribution in [2.24, 2.45) is 0 Å². The maximum atomic E-state index is 2.41. The summed E-state index contributed by atoms with van der Waals surface area (Å²) in [5.74, 6) is 0. The lowest BCUT2D eigenvalue weighted by atomic mass is 10.2. The molecule has 0 saturated heterocycles. The number of hydrogen-bond donors (Lipinski definition) is 0. The van der Waals surface area contributed by atoms with Gasteiger partial charge in [-0.25, -0.2) is 0 Å². The molecule has 0 radical (unpaired) electrons. The normalized spacial score (nSPS) is 11.4. The van der Waals surface area contributed by atoms with Gasteiger partial charge in [0.2, 0.25) is 0 Å². The standard InChI is InChI=1S/C14H19NS/c1-3-9-15(2)10-8-13-11-12-6-4-5-7-14(12)16-13/h4-7,11H,3,8-10H2,1-2H3. The summed E-state index contributed by atoms with van der Waals surface area (Å²) in [6, 6.07) is 11.0. The molecule has 1 nitrogen and oxygen atoms in total. The van der Waals surface area contributed by atoms with E-state index in [1.54, 1.807) is 0 Å². The van der Waals surface area contributed by atoms with Crippen molar-refractivity contribution in [2.45, 2.75) is 19.8 Å². The number of rotatable bonds is 5. The molecule has 1 aromatic heterocycles. The van der Waals surface area contributed by atoms with Crippen LogP contribution < -0.4 is 0 Å². The largest absolute Gasteiger partial charge is 0.306 e. The summed E-state index contributed by atoms with van der Waals surface area (Å²) >= 11 is 1.93. The Bertz CT molecular complexity index is 414. The molecule has 16 heavy (non-hydrogen) atoms. The van der Waals surface area contributed by atoms with Crippen molar-refractivity contribution in [3.63, 3.8) is 0 Å². The van der Waals surface area contributed by atoms with Crippen molar-refractivity contribution in [3.05, 3.63) is 35.2 Å². The van der Waals surface area contributed by atoms with Gasteiger partial charge in [-0.2, -0.15) is 0 Å². The second-order valence-corrected chi connectivity index (χ2v) is 5.47. The Morgan fingerprint density at radius 3 is 2.75 bits per heavy atom. The average molecular weight is 233 g/mol. The molecule has 0 aliphatic heterocycles. The maximum absolute atomic E-state index is 2.41. The number of hydrogen-bond acceptors (Lipinski definition) is 2. The van der Waals surface area contributed by atoms with E-state index < -0.39 is 0 Å². The van der Waals surface area contributed by atoms with Crippen molar-refractivity contribution in [1.82, 2.24) is 4.90 Å². The van der Waals surface area contributed by atoms with Gasteiger partial charge in [-0.15, -0.1) is 11.3 Å². The number of likely N-dealkylation sites (N-methyl/N-ethyl adjacent to an activating group) is 1. The predicted octanol–water partition coefficient (Wildman–Crippen LogP) is 3.79. The highest BCUT2D eigenvalue weighted by atomic mass is 32.1. The molecule has 0 aliphatic rings. The molecular formula is C14H19NS. The second kappa shape index (κ2) is 5.46. The van der Waals surface area contributed by atoms with Gasteiger partial charge >= 0.3 is 0 Å². The first kappa shape index (κ1) is 11.6. The van der Waals surface area contributed by atoms with Gasteiger partial charge in [0, 0.05) is 16.1 Å². The Morgan fingerprint density at radius 2 is 2.00 bits per heavy atom. The second-order valence-electron chi connectivity index (χ2n) is 4.30. The van der Waals surface area contributed by atoms with Crippen molar-refractivity contribution in [2.75, 3.05) is 20.1 Å². The molecule has 0 saturated carbocycles. The third-order valence-corrected chi connectivity index (χ3v) is 4.00. The van der Waals surface area contributed by atoms with E-state index in [-0.39, 0.29) is 0 Å². The van der Waals surface area contributed by atoms with Crippen LogP contribution in [0.2, 0.25) is 0 Å². The fourth-order valence-corrected chi connectivity index (χ4v) is 3.01. The number of benzene rings is 1. The molecular weight excluding hydrogens is 214 g/mol. The van der Waals surface area contributed by atoms with E-state index in [1.807, 2.05) is 11.3 Å². The Hall–Kier alpha value is -0.860. The lowest BCUT2D eigenvalue weighted by Gasteiger charge is -2.14. The molecule has 2 aromatic rings. The minimum Gasteiger partial charge on any atom is -0.306 e. The third-order valence-electron chi connectivity index (χ3n) is 2.82. The molecule has 0 unspecified atom stereocenters. The first-order chi connectivity index (χ1) is 7.79. The van der Waals surface area contributed by atoms with Gasteiger partial charge in [0.15, 0.2) is 0 Å². The minimum absolute atomic E-state index is 1.17. The Kier molecular flexibility index (Phi) is 3.97. The SMILES string of the molecule is CCCN(C)CCc1cc2ccccc2s1. The minimum atomic E-state index is 1.17. The van der Waals surface area contributed by atoms with E-state index in [2.05, 4.69) is 49.2 Å². The van der Waals surface area contributed by atoms with Gasteiger partial charge in [-0.1, -0.05) is 25.1 Å². The first-order valence-corrected chi connectivity index (χ1v) is 6.77. The van der Waals surface area contributed by atoms with Crippen LogP contribution in [-0.2, 0) is 6.42 Å². The van der Waals surface area contributed by atoms with Crippen LogP contribution >= 0.6 is 11.3 Å². The topological polar surface area (TPSA) is 3.24 Å². The van der Waals surface area contributed by atoms with Gasteiger partial charge in [-0.05, 0) is 44.0 Å². The Balaban J connectivity index is 1.99. The lowest BCUT2D eigenvalue weighted by Crippen LogP contribution is -2.21. The van der Waals surface area contributed by atoms with E-state index in [1.165, 1.54) is 40.9 Å². The Morgan fingerprint density at radius 1 is 1.19 bits per heavy atom. The highest BCUT2D eigenvalue weighted by Gasteiger charge is 2.02. The Labute approximate surface area is 102 Å². The van der Waals surface area contributed by atoms with Crippen LogP contribution in [0.15, 0.2) is 30.3 Å². The van der Waals surface area contributed by atoms with E-state index in [0.29, 0.717) is 0 Å². The van der Waals surface area contributed by atoms with E-state index in [9.17, 15) is 0 Å². The summed E-state index contributed by atoms with van der Waals surface area (Å²) in [5.41, 5.74) is 0.